The van der Waals surface area contributed by atoms with Gasteiger partial charge in [-0.15, -0.1) is 0 Å². The molecule has 4 nitrogen and oxygen atoms in total. The van der Waals surface area contributed by atoms with Gasteiger partial charge < -0.3 is 13.7 Å². The van der Waals surface area contributed by atoms with Gasteiger partial charge in [-0.25, -0.2) is 4.98 Å². The Morgan fingerprint density at radius 2 is 0.860 bits per heavy atom. The van der Waals surface area contributed by atoms with Crippen molar-refractivity contribution in [3.05, 3.63) is 206 Å². The van der Waals surface area contributed by atoms with Crippen molar-refractivity contribution < 1.29 is 8.83 Å². The van der Waals surface area contributed by atoms with E-state index in [1.807, 2.05) is 42.5 Å². The number of rotatable bonds is 7. The lowest BCUT2D eigenvalue weighted by molar-refractivity contribution is 0.620. The highest BCUT2D eigenvalue weighted by Crippen LogP contribution is 2.44. The maximum Gasteiger partial charge on any atom is 0.227 e. The highest BCUT2D eigenvalue weighted by molar-refractivity contribution is 6.21. The Kier molecular flexibility index (Phi) is 7.78. The van der Waals surface area contributed by atoms with E-state index in [9.17, 15) is 0 Å². The molecule has 0 aliphatic rings. The Hall–Kier alpha value is -7.69. The van der Waals surface area contributed by atoms with Gasteiger partial charge in [-0.1, -0.05) is 146 Å². The zero-order chi connectivity index (χ0) is 37.7. The molecular formula is C53H34N2O2. The van der Waals surface area contributed by atoms with Crippen molar-refractivity contribution in [3.8, 4) is 44.8 Å². The van der Waals surface area contributed by atoms with Crippen LogP contribution in [0.5, 0.6) is 0 Å². The van der Waals surface area contributed by atoms with Crippen LogP contribution in [0.3, 0.4) is 0 Å². The van der Waals surface area contributed by atoms with Crippen molar-refractivity contribution >= 4 is 60.9 Å². The summed E-state index contributed by atoms with van der Waals surface area (Å²) in [5, 5.41) is 4.29. The first-order valence-corrected chi connectivity index (χ1v) is 19.2. The molecule has 0 unspecified atom stereocenters. The van der Waals surface area contributed by atoms with E-state index in [-0.39, 0.29) is 0 Å². The van der Waals surface area contributed by atoms with Crippen molar-refractivity contribution in [1.82, 2.24) is 4.98 Å². The van der Waals surface area contributed by atoms with Gasteiger partial charge in [-0.3, -0.25) is 0 Å². The first kappa shape index (κ1) is 32.7. The molecule has 2 heterocycles. The Labute approximate surface area is 329 Å². The number of nitrogens with zero attached hydrogens (tertiary/aromatic N) is 2. The Bertz CT molecular complexity index is 3200. The molecule has 11 aromatic rings. The van der Waals surface area contributed by atoms with E-state index < -0.39 is 0 Å². The summed E-state index contributed by atoms with van der Waals surface area (Å²) in [4.78, 5) is 7.33. The molecule has 0 N–H and O–H groups in total. The minimum atomic E-state index is 0.612. The van der Waals surface area contributed by atoms with Crippen molar-refractivity contribution in [2.24, 2.45) is 0 Å². The minimum Gasteiger partial charge on any atom is -0.455 e. The number of benzene rings is 9. The molecule has 0 amide bonds. The largest absolute Gasteiger partial charge is 0.455 e. The number of furan rings is 1. The predicted octanol–water partition coefficient (Wildman–Crippen LogP) is 15.0. The van der Waals surface area contributed by atoms with E-state index >= 15 is 0 Å². The van der Waals surface area contributed by atoms with Gasteiger partial charge in [-0.2, -0.15) is 0 Å². The fraction of sp³-hybridized carbons (Fsp3) is 0. The first-order chi connectivity index (χ1) is 28.3. The van der Waals surface area contributed by atoms with Gasteiger partial charge >= 0.3 is 0 Å². The van der Waals surface area contributed by atoms with Crippen molar-refractivity contribution in [3.63, 3.8) is 0 Å². The van der Waals surface area contributed by atoms with Crippen LogP contribution in [0.4, 0.5) is 17.1 Å². The first-order valence-electron chi connectivity index (χ1n) is 19.2. The molecule has 9 aromatic carbocycles. The zero-order valence-corrected chi connectivity index (χ0v) is 30.8. The number of para-hydroxylation sites is 3. The third kappa shape index (κ3) is 5.66. The molecule has 0 radical (unpaired) electrons. The van der Waals surface area contributed by atoms with Crippen LogP contribution in [0.1, 0.15) is 0 Å². The molecule has 0 atom stereocenters. The molecule has 0 fully saturated rings. The van der Waals surface area contributed by atoms with Gasteiger partial charge in [0.05, 0.1) is 0 Å². The molecule has 0 aliphatic carbocycles. The summed E-state index contributed by atoms with van der Waals surface area (Å²) in [6, 6.07) is 72.0. The molecular weight excluding hydrogens is 697 g/mol. The van der Waals surface area contributed by atoms with Gasteiger partial charge in [-0.05, 0) is 88.3 Å². The second-order valence-corrected chi connectivity index (χ2v) is 14.3. The molecule has 57 heavy (non-hydrogen) atoms. The maximum absolute atomic E-state index is 6.91. The molecule has 0 bridgehead atoms. The lowest BCUT2D eigenvalue weighted by Gasteiger charge is -2.26. The van der Waals surface area contributed by atoms with E-state index in [0.29, 0.717) is 5.89 Å². The number of aromatic nitrogens is 1. The van der Waals surface area contributed by atoms with Crippen LogP contribution >= 0.6 is 0 Å². The number of oxazole rings is 1. The second-order valence-electron chi connectivity index (χ2n) is 14.3. The van der Waals surface area contributed by atoms with Crippen LogP contribution < -0.4 is 4.90 Å². The monoisotopic (exact) mass is 730 g/mol. The zero-order valence-electron chi connectivity index (χ0n) is 30.8. The summed E-state index contributed by atoms with van der Waals surface area (Å²) in [5.41, 5.74) is 14.2. The molecule has 0 saturated heterocycles. The molecule has 0 saturated carbocycles. The van der Waals surface area contributed by atoms with Crippen LogP contribution in [-0.2, 0) is 0 Å². The van der Waals surface area contributed by atoms with Gasteiger partial charge in [0, 0.05) is 49.9 Å². The van der Waals surface area contributed by atoms with Crippen LogP contribution in [-0.4, -0.2) is 4.98 Å². The van der Waals surface area contributed by atoms with Crippen molar-refractivity contribution in [2.75, 3.05) is 4.90 Å². The third-order valence-corrected chi connectivity index (χ3v) is 10.9. The topological polar surface area (TPSA) is 42.4 Å². The Morgan fingerprint density at radius 3 is 1.58 bits per heavy atom. The van der Waals surface area contributed by atoms with Crippen LogP contribution in [0.25, 0.3) is 88.6 Å². The Balaban J connectivity index is 1.01. The van der Waals surface area contributed by atoms with E-state index in [1.165, 1.54) is 11.1 Å². The van der Waals surface area contributed by atoms with Gasteiger partial charge in [0.25, 0.3) is 0 Å². The van der Waals surface area contributed by atoms with E-state index in [2.05, 4.69) is 169 Å². The van der Waals surface area contributed by atoms with E-state index in [4.69, 9.17) is 13.8 Å². The standard InChI is InChI=1S/C53H34N2O2/c1-4-14-35(15-5-1)36-26-30-40(31-27-36)55(39-18-8-3-9-19-39)41-32-28-37(29-33-41)42-22-12-24-46-48-34-47(43-20-10-11-21-45(43)52(48)57-51(42)46)44-23-13-25-49-50(44)54-53(56-49)38-16-6-2-7-17-38/h1-34H. The third-order valence-electron chi connectivity index (χ3n) is 10.9. The fourth-order valence-corrected chi connectivity index (χ4v) is 8.19. The van der Waals surface area contributed by atoms with Crippen molar-refractivity contribution in [2.45, 2.75) is 0 Å². The molecule has 0 aliphatic heterocycles. The minimum absolute atomic E-state index is 0.612. The number of fused-ring (bicyclic) bond motifs is 6. The summed E-state index contributed by atoms with van der Waals surface area (Å²) in [6.45, 7) is 0. The van der Waals surface area contributed by atoms with E-state index in [1.54, 1.807) is 0 Å². The summed E-state index contributed by atoms with van der Waals surface area (Å²) >= 11 is 0. The number of hydrogen-bond donors (Lipinski definition) is 0. The summed E-state index contributed by atoms with van der Waals surface area (Å²) in [7, 11) is 0. The molecule has 4 heteroatoms. The quantitative estimate of drug-likeness (QED) is 0.164. The maximum atomic E-state index is 6.91. The lowest BCUT2D eigenvalue weighted by atomic mass is 9.94. The highest BCUT2D eigenvalue weighted by atomic mass is 16.3. The molecule has 268 valence electrons. The molecule has 2 aromatic heterocycles. The average molecular weight is 731 g/mol. The van der Waals surface area contributed by atoms with Gasteiger partial charge in [0.2, 0.25) is 5.89 Å². The second kappa shape index (κ2) is 13.6. The highest BCUT2D eigenvalue weighted by Gasteiger charge is 2.21. The number of hydrogen-bond acceptors (Lipinski definition) is 4. The summed E-state index contributed by atoms with van der Waals surface area (Å²) in [6.07, 6.45) is 0. The van der Waals surface area contributed by atoms with E-state index in [0.717, 1.165) is 88.7 Å². The normalized spacial score (nSPS) is 11.5. The summed E-state index contributed by atoms with van der Waals surface area (Å²) in [5.74, 6) is 0.612. The van der Waals surface area contributed by atoms with Gasteiger partial charge in [0.1, 0.15) is 16.7 Å². The predicted molar refractivity (Wildman–Crippen MR) is 235 cm³/mol. The SMILES string of the molecule is c1ccc(-c2ccc(N(c3ccccc3)c3ccc(-c4cccc5c4oc4c6ccccc6c(-c6cccc7oc(-c8ccccc8)nc67)cc54)cc3)cc2)cc1. The van der Waals surface area contributed by atoms with Gasteiger partial charge in [0.15, 0.2) is 5.58 Å². The molecule has 11 rings (SSSR count). The Morgan fingerprint density at radius 1 is 0.333 bits per heavy atom. The molecule has 0 spiro atoms. The smallest absolute Gasteiger partial charge is 0.227 e. The average Bonchev–Trinajstić information content (AvgIpc) is 3.90. The van der Waals surface area contributed by atoms with Crippen LogP contribution in [0.15, 0.2) is 215 Å². The fourth-order valence-electron chi connectivity index (χ4n) is 8.19. The summed E-state index contributed by atoms with van der Waals surface area (Å²) < 4.78 is 13.2. The van der Waals surface area contributed by atoms with Crippen molar-refractivity contribution in [1.29, 1.82) is 0 Å². The number of anilines is 3. The van der Waals surface area contributed by atoms with Crippen LogP contribution in [0.2, 0.25) is 0 Å². The van der Waals surface area contributed by atoms with Crippen LogP contribution in [0, 0.1) is 0 Å². The lowest BCUT2D eigenvalue weighted by Crippen LogP contribution is -2.09.